The minimum absolute atomic E-state index is 0.00735. The predicted octanol–water partition coefficient (Wildman–Crippen LogP) is 3.57. The lowest BCUT2D eigenvalue weighted by atomic mass is 10.2. The first-order valence-electron chi connectivity index (χ1n) is 12.2. The van der Waals surface area contributed by atoms with Gasteiger partial charge in [0.2, 0.25) is 15.9 Å². The molecule has 12 nitrogen and oxygen atoms in total. The van der Waals surface area contributed by atoms with Gasteiger partial charge in [0, 0.05) is 36.8 Å². The molecule has 1 atom stereocenters. The van der Waals surface area contributed by atoms with E-state index in [1.165, 1.54) is 35.0 Å². The van der Waals surface area contributed by atoms with Crippen molar-refractivity contribution in [2.75, 3.05) is 26.3 Å². The molecule has 1 N–H and O–H groups in total. The molecular weight excluding hydrogens is 533 g/mol. The Kier molecular flexibility index (Phi) is 8.28. The zero-order chi connectivity index (χ0) is 28.3. The Bertz CT molecular complexity index is 1490. The number of nitro benzene ring substituents is 1. The number of carbonyl (C=O) groups is 1. The van der Waals surface area contributed by atoms with Crippen molar-refractivity contribution in [3.63, 3.8) is 0 Å². The van der Waals surface area contributed by atoms with Crippen molar-refractivity contribution in [1.29, 1.82) is 0 Å². The number of rotatable bonds is 9. The van der Waals surface area contributed by atoms with E-state index < -0.39 is 37.4 Å². The first kappa shape index (κ1) is 28.1. The van der Waals surface area contributed by atoms with Gasteiger partial charge >= 0.3 is 0 Å². The molecule has 1 aromatic heterocycles. The fraction of sp³-hybridized carbons (Fsp3) is 0.360. The molecule has 4 rings (SSSR count). The maximum Gasteiger partial charge on any atom is 0.274 e. The van der Waals surface area contributed by atoms with E-state index in [9.17, 15) is 27.7 Å². The predicted molar refractivity (Wildman–Crippen MR) is 138 cm³/mol. The minimum atomic E-state index is -4.25. The van der Waals surface area contributed by atoms with Gasteiger partial charge < -0.3 is 14.4 Å². The smallest absolute Gasteiger partial charge is 0.274 e. The molecule has 1 saturated heterocycles. The molecule has 0 radical (unpaired) electrons. The number of nitro groups is 1. The Hall–Kier alpha value is -3.88. The number of ether oxygens (including phenoxy) is 2. The zero-order valence-corrected chi connectivity index (χ0v) is 22.4. The van der Waals surface area contributed by atoms with E-state index in [1.54, 1.807) is 25.7 Å². The van der Waals surface area contributed by atoms with Crippen molar-refractivity contribution in [2.24, 2.45) is 0 Å². The van der Waals surface area contributed by atoms with Crippen molar-refractivity contribution < 1.29 is 32.0 Å². The van der Waals surface area contributed by atoms with E-state index >= 15 is 0 Å². The maximum absolute atomic E-state index is 13.7. The van der Waals surface area contributed by atoms with Gasteiger partial charge in [-0.15, -0.1) is 0 Å². The molecule has 1 aliphatic rings. The van der Waals surface area contributed by atoms with Gasteiger partial charge in [-0.25, -0.2) is 17.5 Å². The van der Waals surface area contributed by atoms with Crippen LogP contribution in [0.5, 0.6) is 11.6 Å². The van der Waals surface area contributed by atoms with Crippen molar-refractivity contribution >= 4 is 21.6 Å². The Morgan fingerprint density at radius 2 is 1.90 bits per heavy atom. The van der Waals surface area contributed by atoms with Crippen LogP contribution in [0.25, 0.3) is 5.69 Å². The van der Waals surface area contributed by atoms with E-state index in [1.807, 2.05) is 0 Å². The number of carbonyl (C=O) groups excluding carboxylic acids is 1. The molecule has 0 aliphatic carbocycles. The summed E-state index contributed by atoms with van der Waals surface area (Å²) in [6, 6.07) is 8.01. The van der Waals surface area contributed by atoms with Crippen LogP contribution in [0.1, 0.15) is 36.3 Å². The quantitative estimate of drug-likeness (QED) is 0.308. The molecule has 0 saturated carbocycles. The van der Waals surface area contributed by atoms with Crippen LogP contribution < -0.4 is 9.46 Å². The normalized spacial score (nSPS) is 14.7. The van der Waals surface area contributed by atoms with Gasteiger partial charge in [0.05, 0.1) is 23.8 Å². The average molecular weight is 562 g/mol. The van der Waals surface area contributed by atoms with Crippen LogP contribution in [0.15, 0.2) is 47.4 Å². The topological polar surface area (TPSA) is 146 Å². The van der Waals surface area contributed by atoms with Crippen LogP contribution >= 0.6 is 0 Å². The minimum Gasteiger partial charge on any atom is -0.437 e. The monoisotopic (exact) mass is 561 g/mol. The first-order chi connectivity index (χ1) is 18.5. The van der Waals surface area contributed by atoms with Crippen molar-refractivity contribution in [2.45, 2.75) is 38.1 Å². The van der Waals surface area contributed by atoms with E-state index in [0.29, 0.717) is 44.0 Å². The molecule has 0 unspecified atom stereocenters. The number of sulfonamides is 1. The summed E-state index contributed by atoms with van der Waals surface area (Å²) in [5.74, 6) is -1.09. The summed E-state index contributed by atoms with van der Waals surface area (Å²) in [5, 5.41) is 15.9. The molecule has 2 heterocycles. The Balaban J connectivity index is 1.85. The van der Waals surface area contributed by atoms with Gasteiger partial charge in [-0.3, -0.25) is 14.9 Å². The lowest BCUT2D eigenvalue weighted by molar-refractivity contribution is -0.385. The molecule has 39 heavy (non-hydrogen) atoms. The van der Waals surface area contributed by atoms with Gasteiger partial charge in [-0.2, -0.15) is 9.78 Å². The van der Waals surface area contributed by atoms with E-state index in [4.69, 9.17) is 9.47 Å². The standard InChI is InChI=1S/C25H28FN5O7S/c1-4-16(2)28-39(35,36)22-15-20(31(33)34)9-10-21(22)38-25-17(3)23(24(32)29-11-13-37-14-12-29)27-30(25)19-7-5-18(26)6-8-19/h5-10,15-16,28H,4,11-14H2,1-3H3/t16-/m0/s1. The van der Waals surface area contributed by atoms with Crippen LogP contribution in [-0.4, -0.2) is 66.3 Å². The van der Waals surface area contributed by atoms with Crippen LogP contribution in [0.3, 0.4) is 0 Å². The van der Waals surface area contributed by atoms with Gasteiger partial charge in [-0.05, 0) is 50.6 Å². The number of aromatic nitrogens is 2. The van der Waals surface area contributed by atoms with Crippen LogP contribution in [0, 0.1) is 22.9 Å². The summed E-state index contributed by atoms with van der Waals surface area (Å²) in [4.78, 5) is 25.2. The molecule has 1 fully saturated rings. The third-order valence-corrected chi connectivity index (χ3v) is 7.85. The zero-order valence-electron chi connectivity index (χ0n) is 21.6. The molecule has 208 valence electrons. The summed E-state index contributed by atoms with van der Waals surface area (Å²) >= 11 is 0. The highest BCUT2D eigenvalue weighted by molar-refractivity contribution is 7.89. The highest BCUT2D eigenvalue weighted by Gasteiger charge is 2.30. The van der Waals surface area contributed by atoms with E-state index in [-0.39, 0.29) is 23.2 Å². The van der Waals surface area contributed by atoms with Crippen molar-refractivity contribution in [1.82, 2.24) is 19.4 Å². The third kappa shape index (κ3) is 6.08. The first-order valence-corrected chi connectivity index (χ1v) is 13.7. The maximum atomic E-state index is 13.7. The highest BCUT2D eigenvalue weighted by Crippen LogP contribution is 2.36. The van der Waals surface area contributed by atoms with E-state index in [2.05, 4.69) is 9.82 Å². The van der Waals surface area contributed by atoms with Crippen LogP contribution in [0.2, 0.25) is 0 Å². The molecule has 1 amide bonds. The summed E-state index contributed by atoms with van der Waals surface area (Å²) in [5.41, 5.74) is 0.256. The molecule has 14 heteroatoms. The van der Waals surface area contributed by atoms with Gasteiger partial charge in [0.1, 0.15) is 16.5 Å². The Labute approximate surface area is 224 Å². The van der Waals surface area contributed by atoms with Gasteiger partial charge in [-0.1, -0.05) is 6.92 Å². The lowest BCUT2D eigenvalue weighted by Crippen LogP contribution is -2.41. The fourth-order valence-corrected chi connectivity index (χ4v) is 5.37. The number of halogens is 1. The molecule has 3 aromatic rings. The van der Waals surface area contributed by atoms with Crippen LogP contribution in [-0.2, 0) is 14.8 Å². The highest BCUT2D eigenvalue weighted by atomic mass is 32.2. The summed E-state index contributed by atoms with van der Waals surface area (Å²) in [6.07, 6.45) is 0.480. The fourth-order valence-electron chi connectivity index (χ4n) is 3.90. The average Bonchev–Trinajstić information content (AvgIpc) is 3.24. The number of nitrogens with zero attached hydrogens (tertiary/aromatic N) is 4. The van der Waals surface area contributed by atoms with Crippen molar-refractivity contribution in [3.8, 4) is 17.3 Å². The summed E-state index contributed by atoms with van der Waals surface area (Å²) < 4.78 is 55.3. The number of morpholine rings is 1. The van der Waals surface area contributed by atoms with E-state index in [0.717, 1.165) is 12.1 Å². The second-order valence-corrected chi connectivity index (χ2v) is 10.7. The lowest BCUT2D eigenvalue weighted by Gasteiger charge is -2.26. The second kappa shape index (κ2) is 11.5. The van der Waals surface area contributed by atoms with Crippen LogP contribution in [0.4, 0.5) is 10.1 Å². The molecule has 0 bridgehead atoms. The number of nitrogens with one attached hydrogen (secondary N) is 1. The number of hydrogen-bond acceptors (Lipinski definition) is 8. The SMILES string of the molecule is CC[C@H](C)NS(=O)(=O)c1cc([N+](=O)[O-])ccc1Oc1c(C)c(C(=O)N2CCOCC2)nn1-c1ccc(F)cc1. The largest absolute Gasteiger partial charge is 0.437 e. The second-order valence-electron chi connectivity index (χ2n) is 8.99. The summed E-state index contributed by atoms with van der Waals surface area (Å²) in [7, 11) is -4.25. The van der Waals surface area contributed by atoms with Crippen molar-refractivity contribution in [3.05, 3.63) is 69.7 Å². The number of non-ortho nitro benzene ring substituents is 1. The molecule has 0 spiro atoms. The third-order valence-electron chi connectivity index (χ3n) is 6.24. The van der Waals surface area contributed by atoms with Gasteiger partial charge in [0.15, 0.2) is 5.69 Å². The molecule has 2 aromatic carbocycles. The molecular formula is C25H28FN5O7S. The number of benzene rings is 2. The Morgan fingerprint density at radius 3 is 2.51 bits per heavy atom. The molecule has 1 aliphatic heterocycles. The summed E-state index contributed by atoms with van der Waals surface area (Å²) in [6.45, 7) is 6.52. The number of amides is 1. The Morgan fingerprint density at radius 1 is 1.23 bits per heavy atom. The number of hydrogen-bond donors (Lipinski definition) is 1. The van der Waals surface area contributed by atoms with Gasteiger partial charge in [0.25, 0.3) is 11.6 Å².